The average molecular weight is 537 g/mol. The number of Topliss-reactive ketones (excluding diaryl/α,β-unsaturated/α-hetero) is 1. The highest BCUT2D eigenvalue weighted by Gasteiger charge is 2.51. The molecule has 2 aliphatic heterocycles. The Hall–Kier alpha value is -3.40. The number of methoxy groups -OCH3 is 1. The van der Waals surface area contributed by atoms with Crippen LogP contribution in [-0.2, 0) is 14.4 Å². The van der Waals surface area contributed by atoms with Gasteiger partial charge in [0.2, 0.25) is 11.8 Å². The van der Waals surface area contributed by atoms with Crippen LogP contribution in [0.5, 0.6) is 5.75 Å². The summed E-state index contributed by atoms with van der Waals surface area (Å²) in [4.78, 5) is 57.8. The molecule has 2 aliphatic carbocycles. The molecule has 2 saturated carbocycles. The van der Waals surface area contributed by atoms with Crippen LogP contribution in [0.1, 0.15) is 61.9 Å². The lowest BCUT2D eigenvalue weighted by molar-refractivity contribution is -0.134. The Labute approximate surface area is 226 Å². The number of carbonyl (C=O) groups is 4. The molecule has 4 N–H and O–H groups in total. The normalized spacial score (nSPS) is 27.7. The highest BCUT2D eigenvalue weighted by Crippen LogP contribution is 2.45. The van der Waals surface area contributed by atoms with Crippen molar-refractivity contribution < 1.29 is 29.0 Å². The van der Waals surface area contributed by atoms with E-state index in [9.17, 15) is 24.3 Å². The van der Waals surface area contributed by atoms with Crippen molar-refractivity contribution in [3.05, 3.63) is 30.0 Å². The number of benzene rings is 1. The van der Waals surface area contributed by atoms with Crippen LogP contribution in [0.3, 0.4) is 0 Å². The number of likely N-dealkylation sites (tertiary alicyclic amines) is 1. The van der Waals surface area contributed by atoms with E-state index in [0.29, 0.717) is 24.4 Å². The van der Waals surface area contributed by atoms with Crippen molar-refractivity contribution in [1.29, 1.82) is 0 Å². The van der Waals surface area contributed by atoms with Crippen LogP contribution < -0.4 is 15.4 Å². The second-order valence-electron chi connectivity index (χ2n) is 11.8. The van der Waals surface area contributed by atoms with Gasteiger partial charge in [-0.3, -0.25) is 19.2 Å². The number of nitrogens with one attached hydrogen (secondary N) is 3. The summed E-state index contributed by atoms with van der Waals surface area (Å²) in [5.74, 6) is -0.808. The molecule has 2 saturated heterocycles. The minimum atomic E-state index is -0.985. The number of carbonyl (C=O) groups excluding carboxylic acids is 4. The highest BCUT2D eigenvalue weighted by atomic mass is 16.5. The number of ketones is 1. The van der Waals surface area contributed by atoms with Gasteiger partial charge < -0.3 is 30.4 Å². The summed E-state index contributed by atoms with van der Waals surface area (Å²) in [7, 11) is 1.58. The molecule has 4 aliphatic rings. The number of aromatic nitrogens is 1. The number of aromatic amines is 1. The number of H-pyrrole nitrogens is 1. The molecule has 3 amide bonds. The standard InChI is InChI=1S/C29H36N4O6/c1-39-24-7-3-6-20-19(24)13-22(30-20)28(38)33-14-17-4-2-5-18(17)25(33)27(37)31-21(23(35)15-34)12-16-8-9-29(10-11-29)32-26(16)36/h3,6-7,13,16-18,21,25,30,34H,2,4-5,8-12,14-15H2,1H3,(H,31,37)(H,32,36)/t16-,17-,18-,21-,25-/m0/s1. The van der Waals surface area contributed by atoms with Crippen molar-refractivity contribution in [1.82, 2.24) is 20.5 Å². The Morgan fingerprint density at radius 2 is 2.03 bits per heavy atom. The lowest BCUT2D eigenvalue weighted by atomic mass is 9.86. The second kappa shape index (κ2) is 9.97. The molecule has 1 aromatic carbocycles. The minimum absolute atomic E-state index is 0.00504. The summed E-state index contributed by atoms with van der Waals surface area (Å²) in [5, 5.41) is 16.4. The van der Waals surface area contributed by atoms with Gasteiger partial charge in [0.1, 0.15) is 24.1 Å². The number of hydrogen-bond donors (Lipinski definition) is 4. The first-order valence-electron chi connectivity index (χ1n) is 14.0. The van der Waals surface area contributed by atoms with E-state index in [1.165, 1.54) is 0 Å². The van der Waals surface area contributed by atoms with Crippen LogP contribution in [0.15, 0.2) is 24.3 Å². The highest BCUT2D eigenvalue weighted by molar-refractivity contribution is 6.02. The zero-order valence-corrected chi connectivity index (χ0v) is 22.2. The monoisotopic (exact) mass is 536 g/mol. The molecule has 10 nitrogen and oxygen atoms in total. The van der Waals surface area contributed by atoms with Crippen LogP contribution in [0, 0.1) is 17.8 Å². The maximum atomic E-state index is 13.8. The molecule has 2 aromatic rings. The predicted molar refractivity (Wildman–Crippen MR) is 142 cm³/mol. The van der Waals surface area contributed by atoms with Crippen molar-refractivity contribution in [2.45, 2.75) is 69.0 Å². The Morgan fingerprint density at radius 3 is 2.74 bits per heavy atom. The Bertz CT molecular complexity index is 1320. The zero-order chi connectivity index (χ0) is 27.3. The summed E-state index contributed by atoms with van der Waals surface area (Å²) in [6, 6.07) is 5.60. The predicted octanol–water partition coefficient (Wildman–Crippen LogP) is 1.91. The topological polar surface area (TPSA) is 141 Å². The number of ether oxygens (including phenoxy) is 1. The molecule has 3 heterocycles. The van der Waals surface area contributed by atoms with Crippen molar-refractivity contribution in [3.63, 3.8) is 0 Å². The van der Waals surface area contributed by atoms with E-state index in [4.69, 9.17) is 4.74 Å². The van der Waals surface area contributed by atoms with Gasteiger partial charge in [-0.1, -0.05) is 12.5 Å². The molecular weight excluding hydrogens is 500 g/mol. The number of amides is 3. The van der Waals surface area contributed by atoms with E-state index in [2.05, 4.69) is 15.6 Å². The lowest BCUT2D eigenvalue weighted by Crippen LogP contribution is -2.55. The Morgan fingerprint density at radius 1 is 1.21 bits per heavy atom. The fourth-order valence-electron chi connectivity index (χ4n) is 7.11. The molecule has 1 aromatic heterocycles. The van der Waals surface area contributed by atoms with Crippen molar-refractivity contribution >= 4 is 34.4 Å². The van der Waals surface area contributed by atoms with Gasteiger partial charge in [0.05, 0.1) is 13.2 Å². The van der Waals surface area contributed by atoms with Crippen LogP contribution in [0.4, 0.5) is 0 Å². The average Bonchev–Trinajstić information content (AvgIpc) is 3.28. The number of aliphatic hydroxyl groups is 1. The number of fused-ring (bicyclic) bond motifs is 2. The van der Waals surface area contributed by atoms with Crippen LogP contribution >= 0.6 is 0 Å². The molecule has 6 rings (SSSR count). The maximum absolute atomic E-state index is 13.8. The smallest absolute Gasteiger partial charge is 0.271 e. The molecule has 208 valence electrons. The fraction of sp³-hybridized carbons (Fsp3) is 0.586. The largest absolute Gasteiger partial charge is 0.496 e. The lowest BCUT2D eigenvalue weighted by Gasteiger charge is -2.32. The fourth-order valence-corrected chi connectivity index (χ4v) is 7.11. The SMILES string of the molecule is COc1cccc2[nH]c(C(=O)N3C[C@@H]4CCC[C@@H]4[C@H]3C(=O)N[C@@H](C[C@@H]3CCC4(CC4)NC3=O)C(=O)CO)cc12. The minimum Gasteiger partial charge on any atom is -0.496 e. The van der Waals surface area contributed by atoms with E-state index in [1.54, 1.807) is 18.1 Å². The zero-order valence-electron chi connectivity index (χ0n) is 22.2. The van der Waals surface area contributed by atoms with Crippen molar-refractivity contribution in [2.75, 3.05) is 20.3 Å². The molecule has 0 bridgehead atoms. The molecule has 0 unspecified atom stereocenters. The molecular formula is C29H36N4O6. The van der Waals surface area contributed by atoms with E-state index in [0.717, 1.165) is 49.4 Å². The number of hydrogen-bond acceptors (Lipinski definition) is 6. The molecule has 39 heavy (non-hydrogen) atoms. The Balaban J connectivity index is 1.22. The van der Waals surface area contributed by atoms with Gasteiger partial charge in [-0.05, 0) is 75.0 Å². The van der Waals surface area contributed by atoms with Crippen LogP contribution in [0.25, 0.3) is 10.9 Å². The van der Waals surface area contributed by atoms with Gasteiger partial charge in [0, 0.05) is 28.9 Å². The van der Waals surface area contributed by atoms with Crippen LogP contribution in [-0.4, -0.2) is 76.4 Å². The molecule has 1 spiro atoms. The maximum Gasteiger partial charge on any atom is 0.271 e. The first kappa shape index (κ1) is 25.9. The Kier molecular flexibility index (Phi) is 6.61. The van der Waals surface area contributed by atoms with Gasteiger partial charge in [0.15, 0.2) is 5.78 Å². The molecule has 0 radical (unpaired) electrons. The van der Waals surface area contributed by atoms with E-state index < -0.39 is 36.3 Å². The number of rotatable bonds is 8. The summed E-state index contributed by atoms with van der Waals surface area (Å²) in [5.41, 5.74) is 1.08. The number of nitrogens with zero attached hydrogens (tertiary/aromatic N) is 1. The summed E-state index contributed by atoms with van der Waals surface area (Å²) in [6.07, 6.45) is 6.40. The van der Waals surface area contributed by atoms with Crippen molar-refractivity contribution in [3.8, 4) is 5.75 Å². The van der Waals surface area contributed by atoms with Gasteiger partial charge >= 0.3 is 0 Å². The second-order valence-corrected chi connectivity index (χ2v) is 11.8. The molecule has 5 atom stereocenters. The summed E-state index contributed by atoms with van der Waals surface area (Å²) in [6.45, 7) is -0.251. The quantitative estimate of drug-likeness (QED) is 0.406. The number of aliphatic hydroxyl groups excluding tert-OH is 1. The van der Waals surface area contributed by atoms with E-state index in [-0.39, 0.29) is 35.6 Å². The van der Waals surface area contributed by atoms with Crippen LogP contribution in [0.2, 0.25) is 0 Å². The molecule has 10 heteroatoms. The summed E-state index contributed by atoms with van der Waals surface area (Å²) >= 11 is 0. The van der Waals surface area contributed by atoms with Gasteiger partial charge in [-0.25, -0.2) is 0 Å². The first-order chi connectivity index (χ1) is 18.8. The number of piperidine rings is 1. The van der Waals surface area contributed by atoms with E-state index in [1.807, 2.05) is 18.2 Å². The third-order valence-corrected chi connectivity index (χ3v) is 9.46. The molecule has 4 fully saturated rings. The van der Waals surface area contributed by atoms with Gasteiger partial charge in [-0.15, -0.1) is 0 Å². The first-order valence-corrected chi connectivity index (χ1v) is 14.0. The van der Waals surface area contributed by atoms with E-state index >= 15 is 0 Å². The van der Waals surface area contributed by atoms with Gasteiger partial charge in [0.25, 0.3) is 5.91 Å². The van der Waals surface area contributed by atoms with Crippen molar-refractivity contribution in [2.24, 2.45) is 17.8 Å². The third-order valence-electron chi connectivity index (χ3n) is 9.46. The van der Waals surface area contributed by atoms with Gasteiger partial charge in [-0.2, -0.15) is 0 Å². The summed E-state index contributed by atoms with van der Waals surface area (Å²) < 4.78 is 5.44. The third kappa shape index (κ3) is 4.68.